The summed E-state index contributed by atoms with van der Waals surface area (Å²) >= 11 is 0. The lowest BCUT2D eigenvalue weighted by Crippen LogP contribution is -2.24. The van der Waals surface area contributed by atoms with Gasteiger partial charge in [-0.1, -0.05) is 32.1 Å². The van der Waals surface area contributed by atoms with Crippen LogP contribution >= 0.6 is 0 Å². The molecule has 0 aromatic rings. The summed E-state index contributed by atoms with van der Waals surface area (Å²) in [7, 11) is 0. The van der Waals surface area contributed by atoms with E-state index in [1.54, 1.807) is 0 Å². The molecular formula is C12H21NO. The van der Waals surface area contributed by atoms with Crippen molar-refractivity contribution in [2.75, 3.05) is 0 Å². The van der Waals surface area contributed by atoms with Gasteiger partial charge in [0.1, 0.15) is 6.10 Å². The van der Waals surface area contributed by atoms with Crippen molar-refractivity contribution in [1.82, 2.24) is 0 Å². The van der Waals surface area contributed by atoms with E-state index in [4.69, 9.17) is 4.74 Å². The highest BCUT2D eigenvalue weighted by molar-refractivity contribution is 5.75. The third kappa shape index (κ3) is 2.28. The highest BCUT2D eigenvalue weighted by Gasteiger charge is 2.28. The second kappa shape index (κ2) is 4.33. The fourth-order valence-corrected chi connectivity index (χ4v) is 2.71. The van der Waals surface area contributed by atoms with Gasteiger partial charge in [-0.3, -0.25) is 0 Å². The Morgan fingerprint density at radius 3 is 2.57 bits per heavy atom. The van der Waals surface area contributed by atoms with Crippen LogP contribution in [0.4, 0.5) is 0 Å². The van der Waals surface area contributed by atoms with Gasteiger partial charge in [0.15, 0.2) is 5.90 Å². The largest absolute Gasteiger partial charge is 0.476 e. The maximum absolute atomic E-state index is 5.73. The van der Waals surface area contributed by atoms with Crippen LogP contribution in [0, 0.1) is 5.92 Å². The first-order valence-corrected chi connectivity index (χ1v) is 5.97. The minimum Gasteiger partial charge on any atom is -0.476 e. The highest BCUT2D eigenvalue weighted by Crippen LogP contribution is 2.30. The van der Waals surface area contributed by atoms with E-state index in [-0.39, 0.29) is 0 Å². The molecular weight excluding hydrogens is 174 g/mol. The Balaban J connectivity index is 1.80. The van der Waals surface area contributed by atoms with Crippen LogP contribution in [-0.2, 0) is 4.74 Å². The molecule has 1 heterocycles. The molecule has 2 heteroatoms. The van der Waals surface area contributed by atoms with Gasteiger partial charge in [-0.15, -0.1) is 0 Å². The molecule has 14 heavy (non-hydrogen) atoms. The molecule has 80 valence electrons. The first-order valence-electron chi connectivity index (χ1n) is 5.97. The van der Waals surface area contributed by atoms with Gasteiger partial charge in [0.25, 0.3) is 0 Å². The van der Waals surface area contributed by atoms with Crippen LogP contribution < -0.4 is 0 Å². The average Bonchev–Trinajstić information content (AvgIpc) is 2.47. The van der Waals surface area contributed by atoms with Crippen LogP contribution in [-0.4, -0.2) is 18.0 Å². The zero-order chi connectivity index (χ0) is 9.97. The van der Waals surface area contributed by atoms with Crippen molar-refractivity contribution in [2.24, 2.45) is 10.9 Å². The Kier molecular flexibility index (Phi) is 3.09. The Bertz CT molecular complexity index is 218. The number of ether oxygens (including phenoxy) is 1. The zero-order valence-corrected chi connectivity index (χ0v) is 9.33. The average molecular weight is 195 g/mol. The normalized spacial score (nSPS) is 34.0. The first kappa shape index (κ1) is 10.0. The summed E-state index contributed by atoms with van der Waals surface area (Å²) in [5.41, 5.74) is 0. The second-order valence-electron chi connectivity index (χ2n) is 4.78. The molecule has 0 radical (unpaired) electrons. The van der Waals surface area contributed by atoms with Crippen molar-refractivity contribution in [1.29, 1.82) is 0 Å². The molecule has 1 fully saturated rings. The maximum atomic E-state index is 5.73. The van der Waals surface area contributed by atoms with E-state index in [0.29, 0.717) is 12.1 Å². The first-order chi connectivity index (χ1) is 6.75. The third-order valence-electron chi connectivity index (χ3n) is 3.54. The van der Waals surface area contributed by atoms with Crippen molar-refractivity contribution < 1.29 is 4.74 Å². The summed E-state index contributed by atoms with van der Waals surface area (Å²) in [5.74, 6) is 1.79. The quantitative estimate of drug-likeness (QED) is 0.663. The molecule has 1 aliphatic heterocycles. The minimum atomic E-state index is 0.373. The van der Waals surface area contributed by atoms with Crippen LogP contribution in [0.2, 0.25) is 0 Å². The van der Waals surface area contributed by atoms with Gasteiger partial charge in [-0.05, 0) is 19.3 Å². The summed E-state index contributed by atoms with van der Waals surface area (Å²) < 4.78 is 5.73. The van der Waals surface area contributed by atoms with E-state index in [2.05, 4.69) is 11.9 Å². The van der Waals surface area contributed by atoms with Gasteiger partial charge in [-0.25, -0.2) is 4.99 Å². The van der Waals surface area contributed by atoms with E-state index < -0.39 is 0 Å². The molecule has 0 saturated heterocycles. The van der Waals surface area contributed by atoms with E-state index in [0.717, 1.165) is 11.8 Å². The number of rotatable bonds is 2. The van der Waals surface area contributed by atoms with Crippen LogP contribution in [0.25, 0.3) is 0 Å². The molecule has 0 bridgehead atoms. The van der Waals surface area contributed by atoms with Gasteiger partial charge in [0, 0.05) is 6.92 Å². The maximum Gasteiger partial charge on any atom is 0.180 e. The third-order valence-corrected chi connectivity index (χ3v) is 3.54. The van der Waals surface area contributed by atoms with Crippen LogP contribution in [0.1, 0.15) is 52.4 Å². The Morgan fingerprint density at radius 1 is 1.29 bits per heavy atom. The molecule has 0 spiro atoms. The minimum absolute atomic E-state index is 0.373. The molecule has 2 aliphatic rings. The monoisotopic (exact) mass is 195 g/mol. The van der Waals surface area contributed by atoms with Crippen LogP contribution in [0.15, 0.2) is 4.99 Å². The standard InChI is InChI=1S/C12H21NO/c1-9-12(14-10(2)13-9)8-11-6-4-3-5-7-11/h9,11-12H,3-8H2,1-2H3. The molecule has 2 rings (SSSR count). The molecule has 0 amide bonds. The number of hydrogen-bond acceptors (Lipinski definition) is 2. The number of nitrogens with zero attached hydrogens (tertiary/aromatic N) is 1. The van der Waals surface area contributed by atoms with Gasteiger partial charge in [-0.2, -0.15) is 0 Å². The highest BCUT2D eigenvalue weighted by atomic mass is 16.5. The van der Waals surface area contributed by atoms with E-state index in [1.165, 1.54) is 38.5 Å². The van der Waals surface area contributed by atoms with Crippen molar-refractivity contribution in [3.63, 3.8) is 0 Å². The van der Waals surface area contributed by atoms with E-state index >= 15 is 0 Å². The lowest BCUT2D eigenvalue weighted by Gasteiger charge is -2.25. The molecule has 1 aliphatic carbocycles. The number of hydrogen-bond donors (Lipinski definition) is 0. The molecule has 0 aromatic carbocycles. The molecule has 2 nitrogen and oxygen atoms in total. The second-order valence-corrected chi connectivity index (χ2v) is 4.78. The summed E-state index contributed by atoms with van der Waals surface area (Å²) in [4.78, 5) is 4.43. The topological polar surface area (TPSA) is 21.6 Å². The summed E-state index contributed by atoms with van der Waals surface area (Å²) in [6, 6.07) is 0.386. The summed E-state index contributed by atoms with van der Waals surface area (Å²) in [6.07, 6.45) is 8.70. The van der Waals surface area contributed by atoms with Crippen molar-refractivity contribution >= 4 is 5.90 Å². The summed E-state index contributed by atoms with van der Waals surface area (Å²) in [6.45, 7) is 4.14. The van der Waals surface area contributed by atoms with E-state index in [1.807, 2.05) is 6.92 Å². The molecule has 2 atom stereocenters. The summed E-state index contributed by atoms with van der Waals surface area (Å²) in [5, 5.41) is 0. The van der Waals surface area contributed by atoms with Gasteiger partial charge < -0.3 is 4.74 Å². The van der Waals surface area contributed by atoms with Crippen LogP contribution in [0.3, 0.4) is 0 Å². The van der Waals surface area contributed by atoms with Crippen molar-refractivity contribution in [3.05, 3.63) is 0 Å². The van der Waals surface area contributed by atoms with Gasteiger partial charge >= 0.3 is 0 Å². The fraction of sp³-hybridized carbons (Fsp3) is 0.917. The van der Waals surface area contributed by atoms with Crippen molar-refractivity contribution in [3.8, 4) is 0 Å². The molecule has 2 unspecified atom stereocenters. The molecule has 1 saturated carbocycles. The Hall–Kier alpha value is -0.530. The van der Waals surface area contributed by atoms with Crippen LogP contribution in [0.5, 0.6) is 0 Å². The predicted molar refractivity (Wildman–Crippen MR) is 58.6 cm³/mol. The molecule has 0 aromatic heterocycles. The van der Waals surface area contributed by atoms with E-state index in [9.17, 15) is 0 Å². The SMILES string of the molecule is CC1=NC(C)C(CC2CCCCC2)O1. The fourth-order valence-electron chi connectivity index (χ4n) is 2.71. The Morgan fingerprint density at radius 2 is 2.00 bits per heavy atom. The van der Waals surface area contributed by atoms with Gasteiger partial charge in [0.05, 0.1) is 6.04 Å². The zero-order valence-electron chi connectivity index (χ0n) is 9.33. The number of aliphatic imine (C=N–C) groups is 1. The van der Waals surface area contributed by atoms with Crippen molar-refractivity contribution in [2.45, 2.75) is 64.5 Å². The molecule has 0 N–H and O–H groups in total. The Labute approximate surface area is 86.8 Å². The predicted octanol–water partition coefficient (Wildman–Crippen LogP) is 3.16. The lowest BCUT2D eigenvalue weighted by molar-refractivity contribution is 0.147. The van der Waals surface area contributed by atoms with Gasteiger partial charge in [0.2, 0.25) is 0 Å². The smallest absolute Gasteiger partial charge is 0.180 e. The lowest BCUT2D eigenvalue weighted by atomic mass is 9.84.